The molecule has 5 nitrogen and oxygen atoms in total. The van der Waals surface area contributed by atoms with Crippen molar-refractivity contribution in [2.45, 2.75) is 71.2 Å². The van der Waals surface area contributed by atoms with Gasteiger partial charge in [0.2, 0.25) is 0 Å². The number of amides is 1. The Labute approximate surface area is 129 Å². The van der Waals surface area contributed by atoms with Crippen LogP contribution >= 0.6 is 0 Å². The second-order valence-electron chi connectivity index (χ2n) is 7.14. The molecule has 1 atom stereocenters. The molecule has 0 saturated carbocycles. The van der Waals surface area contributed by atoms with Gasteiger partial charge < -0.3 is 15.0 Å². The molecule has 2 saturated heterocycles. The van der Waals surface area contributed by atoms with Crippen molar-refractivity contribution < 1.29 is 9.53 Å². The maximum atomic E-state index is 12.1. The van der Waals surface area contributed by atoms with Crippen molar-refractivity contribution in [3.63, 3.8) is 0 Å². The quantitative estimate of drug-likeness (QED) is 0.869. The van der Waals surface area contributed by atoms with E-state index in [1.54, 1.807) is 0 Å². The van der Waals surface area contributed by atoms with Crippen molar-refractivity contribution in [3.05, 3.63) is 0 Å². The summed E-state index contributed by atoms with van der Waals surface area (Å²) in [6.07, 6.45) is 4.99. The second-order valence-corrected chi connectivity index (χ2v) is 7.14. The summed E-state index contributed by atoms with van der Waals surface area (Å²) >= 11 is 0. The topological polar surface area (TPSA) is 44.8 Å². The highest BCUT2D eigenvalue weighted by molar-refractivity contribution is 5.68. The van der Waals surface area contributed by atoms with Gasteiger partial charge in [-0.15, -0.1) is 0 Å². The molecule has 122 valence electrons. The predicted molar refractivity (Wildman–Crippen MR) is 84.2 cm³/mol. The fourth-order valence-corrected chi connectivity index (χ4v) is 3.39. The average Bonchev–Trinajstić information content (AvgIpc) is 2.92. The molecule has 21 heavy (non-hydrogen) atoms. The number of nitrogens with zero attached hydrogens (tertiary/aromatic N) is 2. The van der Waals surface area contributed by atoms with Crippen LogP contribution in [0.15, 0.2) is 0 Å². The van der Waals surface area contributed by atoms with Gasteiger partial charge in [0.25, 0.3) is 0 Å². The highest BCUT2D eigenvalue weighted by Gasteiger charge is 2.32. The minimum Gasteiger partial charge on any atom is -0.444 e. The smallest absolute Gasteiger partial charge is 0.410 e. The van der Waals surface area contributed by atoms with Gasteiger partial charge in [-0.1, -0.05) is 6.92 Å². The lowest BCUT2D eigenvalue weighted by atomic mass is 10.0. The molecule has 1 N–H and O–H groups in total. The minimum absolute atomic E-state index is 0.164. The van der Waals surface area contributed by atoms with E-state index in [1.807, 2.05) is 25.7 Å². The van der Waals surface area contributed by atoms with E-state index in [4.69, 9.17) is 4.74 Å². The van der Waals surface area contributed by atoms with Crippen molar-refractivity contribution in [1.82, 2.24) is 15.1 Å². The molecule has 0 aromatic carbocycles. The number of nitrogens with one attached hydrogen (secondary N) is 1. The van der Waals surface area contributed by atoms with Crippen LogP contribution in [0.1, 0.15) is 53.4 Å². The molecular formula is C16H31N3O2. The molecule has 0 bridgehead atoms. The van der Waals surface area contributed by atoms with Crippen LogP contribution < -0.4 is 5.32 Å². The van der Waals surface area contributed by atoms with Gasteiger partial charge >= 0.3 is 6.09 Å². The van der Waals surface area contributed by atoms with Crippen molar-refractivity contribution >= 4 is 6.09 Å². The van der Waals surface area contributed by atoms with E-state index < -0.39 is 5.60 Å². The van der Waals surface area contributed by atoms with Gasteiger partial charge in [-0.3, -0.25) is 4.90 Å². The number of carbonyl (C=O) groups is 1. The fraction of sp³-hybridized carbons (Fsp3) is 0.938. The van der Waals surface area contributed by atoms with Gasteiger partial charge in [0.05, 0.1) is 6.17 Å². The van der Waals surface area contributed by atoms with Gasteiger partial charge in [0, 0.05) is 19.1 Å². The number of piperidine rings is 1. The third-order valence-electron chi connectivity index (χ3n) is 4.38. The molecular weight excluding hydrogens is 266 g/mol. The Morgan fingerprint density at radius 1 is 1.29 bits per heavy atom. The van der Waals surface area contributed by atoms with Gasteiger partial charge in [0.15, 0.2) is 0 Å². The number of hydrogen-bond acceptors (Lipinski definition) is 4. The minimum atomic E-state index is -0.406. The number of carbonyl (C=O) groups excluding carboxylic acids is 1. The first kappa shape index (κ1) is 16.6. The predicted octanol–water partition coefficient (Wildman–Crippen LogP) is 2.42. The maximum absolute atomic E-state index is 12.1. The Morgan fingerprint density at radius 3 is 2.43 bits per heavy atom. The van der Waals surface area contributed by atoms with Crippen LogP contribution in [0.25, 0.3) is 0 Å². The van der Waals surface area contributed by atoms with E-state index >= 15 is 0 Å². The summed E-state index contributed by atoms with van der Waals surface area (Å²) in [6, 6.07) is 0.587. The van der Waals surface area contributed by atoms with Crippen molar-refractivity contribution in [2.24, 2.45) is 0 Å². The highest BCUT2D eigenvalue weighted by atomic mass is 16.6. The van der Waals surface area contributed by atoms with E-state index in [0.29, 0.717) is 12.2 Å². The standard InChI is InChI=1S/C16H31N3O2/c1-5-19(14-7-6-10-17-14)13-8-11-18(12-9-13)15(20)21-16(2,3)4/h13-14,17H,5-12H2,1-4H3. The molecule has 0 radical (unpaired) electrons. The maximum Gasteiger partial charge on any atom is 0.410 e. The summed E-state index contributed by atoms with van der Waals surface area (Å²) in [4.78, 5) is 16.5. The van der Waals surface area contributed by atoms with Crippen LogP contribution in [0.2, 0.25) is 0 Å². The summed E-state index contributed by atoms with van der Waals surface area (Å²) in [5.74, 6) is 0. The Morgan fingerprint density at radius 2 is 1.95 bits per heavy atom. The Kier molecular flexibility index (Phi) is 5.49. The molecule has 1 unspecified atom stereocenters. The average molecular weight is 297 g/mol. The van der Waals surface area contributed by atoms with Crippen molar-refractivity contribution in [1.29, 1.82) is 0 Å². The summed E-state index contributed by atoms with van der Waals surface area (Å²) in [7, 11) is 0. The van der Waals surface area contributed by atoms with E-state index in [-0.39, 0.29) is 6.09 Å². The monoisotopic (exact) mass is 297 g/mol. The van der Waals surface area contributed by atoms with Crippen LogP contribution in [0, 0.1) is 0 Å². The lowest BCUT2D eigenvalue weighted by molar-refractivity contribution is 0.0106. The third kappa shape index (κ3) is 4.58. The summed E-state index contributed by atoms with van der Waals surface area (Å²) in [6.45, 7) is 11.8. The first-order chi connectivity index (χ1) is 9.90. The zero-order valence-electron chi connectivity index (χ0n) is 14.0. The molecule has 2 aliphatic heterocycles. The van der Waals surface area contributed by atoms with E-state index in [1.165, 1.54) is 12.8 Å². The first-order valence-corrected chi connectivity index (χ1v) is 8.38. The molecule has 0 aromatic heterocycles. The van der Waals surface area contributed by atoms with Crippen LogP contribution in [0.4, 0.5) is 4.79 Å². The van der Waals surface area contributed by atoms with E-state index in [2.05, 4.69) is 17.1 Å². The number of ether oxygens (including phenoxy) is 1. The summed E-state index contributed by atoms with van der Waals surface area (Å²) in [5, 5.41) is 3.59. The molecule has 2 heterocycles. The zero-order chi connectivity index (χ0) is 15.5. The number of rotatable bonds is 3. The Balaban J connectivity index is 1.83. The summed E-state index contributed by atoms with van der Waals surface area (Å²) < 4.78 is 5.46. The number of likely N-dealkylation sites (tertiary alicyclic amines) is 1. The lowest BCUT2D eigenvalue weighted by Crippen LogP contribution is -2.53. The van der Waals surface area contributed by atoms with Gasteiger partial charge in [-0.05, 0) is 59.5 Å². The summed E-state index contributed by atoms with van der Waals surface area (Å²) in [5.41, 5.74) is -0.406. The normalized spacial score (nSPS) is 24.6. The van der Waals surface area contributed by atoms with E-state index in [9.17, 15) is 4.79 Å². The SMILES string of the molecule is CCN(C1CCN(C(=O)OC(C)(C)C)CC1)C1CCCN1. The fourth-order valence-electron chi connectivity index (χ4n) is 3.39. The molecule has 0 aliphatic carbocycles. The van der Waals surface area contributed by atoms with Crippen LogP contribution in [0.5, 0.6) is 0 Å². The van der Waals surface area contributed by atoms with Crippen molar-refractivity contribution in [3.8, 4) is 0 Å². The largest absolute Gasteiger partial charge is 0.444 e. The lowest BCUT2D eigenvalue weighted by Gasteiger charge is -2.41. The first-order valence-electron chi connectivity index (χ1n) is 8.38. The van der Waals surface area contributed by atoms with Crippen LogP contribution in [-0.2, 0) is 4.74 Å². The van der Waals surface area contributed by atoms with E-state index in [0.717, 1.165) is 39.0 Å². The number of hydrogen-bond donors (Lipinski definition) is 1. The van der Waals surface area contributed by atoms with Crippen molar-refractivity contribution in [2.75, 3.05) is 26.2 Å². The van der Waals surface area contributed by atoms with Gasteiger partial charge in [-0.2, -0.15) is 0 Å². The van der Waals surface area contributed by atoms with Crippen LogP contribution in [0.3, 0.4) is 0 Å². The molecule has 0 aromatic rings. The van der Waals surface area contributed by atoms with Crippen LogP contribution in [-0.4, -0.2) is 59.9 Å². The molecule has 2 fully saturated rings. The molecule has 0 spiro atoms. The molecule has 5 heteroatoms. The molecule has 2 rings (SSSR count). The molecule has 2 aliphatic rings. The molecule has 1 amide bonds. The zero-order valence-corrected chi connectivity index (χ0v) is 14.0. The highest BCUT2D eigenvalue weighted by Crippen LogP contribution is 2.22. The second kappa shape index (κ2) is 6.97. The van der Waals surface area contributed by atoms with Gasteiger partial charge in [0.1, 0.15) is 5.60 Å². The third-order valence-corrected chi connectivity index (χ3v) is 4.38. The Bertz CT molecular complexity index is 340. The van der Waals surface area contributed by atoms with Gasteiger partial charge in [-0.25, -0.2) is 4.79 Å². The Hall–Kier alpha value is -0.810.